The van der Waals surface area contributed by atoms with Crippen LogP contribution in [-0.2, 0) is 11.4 Å². The minimum atomic E-state index is -0.476. The second kappa shape index (κ2) is 10.5. The molecule has 0 unspecified atom stereocenters. The molecule has 0 radical (unpaired) electrons. The lowest BCUT2D eigenvalue weighted by Crippen LogP contribution is -2.14. The number of aryl methyl sites for hydroxylation is 1. The van der Waals surface area contributed by atoms with Crippen molar-refractivity contribution in [2.75, 3.05) is 12.4 Å². The molecule has 5 nitrogen and oxygen atoms in total. The van der Waals surface area contributed by atoms with Crippen LogP contribution in [0.5, 0.6) is 11.5 Å². The van der Waals surface area contributed by atoms with Crippen LogP contribution < -0.4 is 14.8 Å². The summed E-state index contributed by atoms with van der Waals surface area (Å²) in [6.45, 7) is 2.27. The topological polar surface area (TPSA) is 71.3 Å². The van der Waals surface area contributed by atoms with Crippen LogP contribution in [0.15, 0.2) is 76.8 Å². The molecule has 0 atom stereocenters. The Morgan fingerprint density at radius 2 is 1.84 bits per heavy atom. The fourth-order valence-corrected chi connectivity index (χ4v) is 3.49. The number of nitrogens with one attached hydrogen (secondary N) is 1. The van der Waals surface area contributed by atoms with Gasteiger partial charge < -0.3 is 14.8 Å². The standard InChI is InChI=1S/C25H21BrN2O3/c1-17-8-6-7-11-22(17)28-25(29)20(15-27)12-19-13-21(26)24(23(14-19)30-2)31-16-18-9-4-3-5-10-18/h3-14H,16H2,1-2H3,(H,28,29)/b20-12-. The third kappa shape index (κ3) is 5.74. The third-order valence-electron chi connectivity index (χ3n) is 4.55. The van der Waals surface area contributed by atoms with Gasteiger partial charge in [0, 0.05) is 5.69 Å². The van der Waals surface area contributed by atoms with Gasteiger partial charge in [-0.15, -0.1) is 0 Å². The second-order valence-electron chi connectivity index (χ2n) is 6.75. The van der Waals surface area contributed by atoms with E-state index in [9.17, 15) is 10.1 Å². The van der Waals surface area contributed by atoms with E-state index in [1.807, 2.05) is 61.5 Å². The molecule has 3 aromatic rings. The molecule has 0 bridgehead atoms. The molecule has 3 aromatic carbocycles. The first kappa shape index (κ1) is 22.1. The second-order valence-corrected chi connectivity index (χ2v) is 7.60. The molecule has 0 saturated heterocycles. The number of benzene rings is 3. The number of halogens is 1. The highest BCUT2D eigenvalue weighted by atomic mass is 79.9. The molecule has 0 aliphatic carbocycles. The fraction of sp³-hybridized carbons (Fsp3) is 0.120. The lowest BCUT2D eigenvalue weighted by molar-refractivity contribution is -0.112. The molecule has 0 aromatic heterocycles. The van der Waals surface area contributed by atoms with Crippen LogP contribution in [0.4, 0.5) is 5.69 Å². The first-order chi connectivity index (χ1) is 15.0. The van der Waals surface area contributed by atoms with E-state index in [2.05, 4.69) is 21.2 Å². The molecule has 0 heterocycles. The van der Waals surface area contributed by atoms with E-state index in [0.29, 0.717) is 33.8 Å². The van der Waals surface area contributed by atoms with Gasteiger partial charge in [-0.2, -0.15) is 5.26 Å². The first-order valence-electron chi connectivity index (χ1n) is 9.55. The summed E-state index contributed by atoms with van der Waals surface area (Å²) in [7, 11) is 1.54. The highest BCUT2D eigenvalue weighted by Crippen LogP contribution is 2.37. The average molecular weight is 477 g/mol. The van der Waals surface area contributed by atoms with Gasteiger partial charge in [-0.1, -0.05) is 48.5 Å². The quantitative estimate of drug-likeness (QED) is 0.340. The van der Waals surface area contributed by atoms with Crippen molar-refractivity contribution in [1.29, 1.82) is 5.26 Å². The summed E-state index contributed by atoms with van der Waals surface area (Å²) in [5.74, 6) is 0.566. The Morgan fingerprint density at radius 3 is 2.52 bits per heavy atom. The molecule has 0 spiro atoms. The van der Waals surface area contributed by atoms with Crippen molar-refractivity contribution in [3.05, 3.63) is 93.5 Å². The van der Waals surface area contributed by atoms with Gasteiger partial charge in [0.25, 0.3) is 5.91 Å². The molecule has 0 saturated carbocycles. The molecule has 0 fully saturated rings. The number of anilines is 1. The lowest BCUT2D eigenvalue weighted by atomic mass is 10.1. The Labute approximate surface area is 190 Å². The highest BCUT2D eigenvalue weighted by Gasteiger charge is 2.14. The number of hydrogen-bond acceptors (Lipinski definition) is 4. The summed E-state index contributed by atoms with van der Waals surface area (Å²) in [5, 5.41) is 12.3. The summed E-state index contributed by atoms with van der Waals surface area (Å²) >= 11 is 3.51. The zero-order valence-electron chi connectivity index (χ0n) is 17.2. The Balaban J connectivity index is 1.83. The zero-order chi connectivity index (χ0) is 22.2. The average Bonchev–Trinajstić information content (AvgIpc) is 2.78. The highest BCUT2D eigenvalue weighted by molar-refractivity contribution is 9.10. The van der Waals surface area contributed by atoms with Crippen LogP contribution in [0.1, 0.15) is 16.7 Å². The Hall–Kier alpha value is -3.56. The van der Waals surface area contributed by atoms with Crippen molar-refractivity contribution in [3.63, 3.8) is 0 Å². The van der Waals surface area contributed by atoms with Gasteiger partial charge in [0.2, 0.25) is 0 Å². The largest absolute Gasteiger partial charge is 0.493 e. The summed E-state index contributed by atoms with van der Waals surface area (Å²) in [6.07, 6.45) is 1.52. The smallest absolute Gasteiger partial charge is 0.266 e. The molecule has 3 rings (SSSR count). The van der Waals surface area contributed by atoms with E-state index in [-0.39, 0.29) is 5.57 Å². The molecule has 6 heteroatoms. The minimum Gasteiger partial charge on any atom is -0.493 e. The number of hydrogen-bond donors (Lipinski definition) is 1. The summed E-state index contributed by atoms with van der Waals surface area (Å²) in [4.78, 5) is 12.6. The van der Waals surface area contributed by atoms with Crippen LogP contribution in [0, 0.1) is 18.3 Å². The molecule has 0 aliphatic heterocycles. The lowest BCUT2D eigenvalue weighted by Gasteiger charge is -2.14. The zero-order valence-corrected chi connectivity index (χ0v) is 18.8. The predicted octanol–water partition coefficient (Wildman–Crippen LogP) is 5.89. The van der Waals surface area contributed by atoms with Gasteiger partial charge in [-0.25, -0.2) is 0 Å². The predicted molar refractivity (Wildman–Crippen MR) is 125 cm³/mol. The normalized spacial score (nSPS) is 10.8. The number of ether oxygens (including phenoxy) is 2. The number of nitriles is 1. The molecular formula is C25H21BrN2O3. The van der Waals surface area contributed by atoms with Crippen molar-refractivity contribution in [3.8, 4) is 17.6 Å². The third-order valence-corrected chi connectivity index (χ3v) is 5.14. The van der Waals surface area contributed by atoms with E-state index in [1.165, 1.54) is 6.08 Å². The van der Waals surface area contributed by atoms with E-state index in [0.717, 1.165) is 11.1 Å². The van der Waals surface area contributed by atoms with Crippen molar-refractivity contribution in [1.82, 2.24) is 0 Å². The van der Waals surface area contributed by atoms with Crippen molar-refractivity contribution in [2.24, 2.45) is 0 Å². The van der Waals surface area contributed by atoms with Gasteiger partial charge in [0.15, 0.2) is 11.5 Å². The number of methoxy groups -OCH3 is 1. The number of carbonyl (C=O) groups excluding carboxylic acids is 1. The van der Waals surface area contributed by atoms with E-state index < -0.39 is 5.91 Å². The van der Waals surface area contributed by atoms with E-state index in [4.69, 9.17) is 9.47 Å². The fourth-order valence-electron chi connectivity index (χ4n) is 2.91. The van der Waals surface area contributed by atoms with Crippen LogP contribution in [-0.4, -0.2) is 13.0 Å². The van der Waals surface area contributed by atoms with Crippen LogP contribution in [0.2, 0.25) is 0 Å². The summed E-state index contributed by atoms with van der Waals surface area (Å²) in [5.41, 5.74) is 3.22. The van der Waals surface area contributed by atoms with E-state index in [1.54, 1.807) is 25.3 Å². The van der Waals surface area contributed by atoms with Crippen molar-refractivity contribution >= 4 is 33.6 Å². The number of para-hydroxylation sites is 1. The van der Waals surface area contributed by atoms with Crippen LogP contribution in [0.3, 0.4) is 0 Å². The Kier molecular flexibility index (Phi) is 7.47. The number of rotatable bonds is 7. The van der Waals surface area contributed by atoms with Gasteiger partial charge in [-0.05, 0) is 63.8 Å². The molecule has 156 valence electrons. The van der Waals surface area contributed by atoms with Gasteiger partial charge in [0.05, 0.1) is 11.6 Å². The Bertz CT molecular complexity index is 1150. The summed E-state index contributed by atoms with van der Waals surface area (Å²) in [6, 6.07) is 22.7. The Morgan fingerprint density at radius 1 is 1.13 bits per heavy atom. The van der Waals surface area contributed by atoms with Crippen molar-refractivity contribution < 1.29 is 14.3 Å². The molecule has 0 aliphatic rings. The van der Waals surface area contributed by atoms with Gasteiger partial charge in [0.1, 0.15) is 18.2 Å². The van der Waals surface area contributed by atoms with Crippen LogP contribution >= 0.6 is 15.9 Å². The van der Waals surface area contributed by atoms with E-state index >= 15 is 0 Å². The number of nitrogens with zero attached hydrogens (tertiary/aromatic N) is 1. The molecule has 1 amide bonds. The van der Waals surface area contributed by atoms with Gasteiger partial charge >= 0.3 is 0 Å². The van der Waals surface area contributed by atoms with Crippen LogP contribution in [0.25, 0.3) is 6.08 Å². The summed E-state index contributed by atoms with van der Waals surface area (Å²) < 4.78 is 12.1. The monoisotopic (exact) mass is 476 g/mol. The maximum absolute atomic E-state index is 12.6. The van der Waals surface area contributed by atoms with Gasteiger partial charge in [-0.3, -0.25) is 4.79 Å². The first-order valence-corrected chi connectivity index (χ1v) is 10.3. The maximum Gasteiger partial charge on any atom is 0.266 e. The maximum atomic E-state index is 12.6. The number of amides is 1. The molecule has 1 N–H and O–H groups in total. The SMILES string of the molecule is COc1cc(/C=C(/C#N)C(=O)Nc2ccccc2C)cc(Br)c1OCc1ccccc1. The van der Waals surface area contributed by atoms with Crippen molar-refractivity contribution in [2.45, 2.75) is 13.5 Å². The molecule has 31 heavy (non-hydrogen) atoms. The number of carbonyl (C=O) groups is 1. The minimum absolute atomic E-state index is 0.0184. The molecular weight excluding hydrogens is 456 g/mol.